The van der Waals surface area contributed by atoms with Gasteiger partial charge in [-0.2, -0.15) is 0 Å². The molecule has 0 amide bonds. The zero-order valence-electron chi connectivity index (χ0n) is 12.1. The first-order valence-corrected chi connectivity index (χ1v) is 7.94. The number of sulfonamides is 1. The van der Waals surface area contributed by atoms with E-state index in [4.69, 9.17) is 4.42 Å². The van der Waals surface area contributed by atoms with E-state index in [1.807, 2.05) is 0 Å². The normalized spacial score (nSPS) is 13.5. The van der Waals surface area contributed by atoms with Gasteiger partial charge >= 0.3 is 0 Å². The summed E-state index contributed by atoms with van der Waals surface area (Å²) in [5, 5.41) is 0. The highest BCUT2D eigenvalue weighted by Gasteiger charge is 2.23. The first-order valence-electron chi connectivity index (χ1n) is 6.46. The van der Waals surface area contributed by atoms with Gasteiger partial charge in [0.25, 0.3) is 0 Å². The molecular formula is C14H16F2N2O3S. The number of rotatable bonds is 6. The van der Waals surface area contributed by atoms with E-state index in [-0.39, 0.29) is 12.6 Å². The van der Waals surface area contributed by atoms with Crippen molar-refractivity contribution in [2.24, 2.45) is 0 Å². The fraction of sp³-hybridized carbons (Fsp3) is 0.286. The molecule has 0 saturated carbocycles. The monoisotopic (exact) mass is 330 g/mol. The number of benzene rings is 1. The van der Waals surface area contributed by atoms with Crippen LogP contribution in [0.2, 0.25) is 0 Å². The van der Waals surface area contributed by atoms with Gasteiger partial charge in [-0.05, 0) is 38.4 Å². The molecule has 0 radical (unpaired) electrons. The number of nitrogens with zero attached hydrogens (tertiary/aromatic N) is 1. The SMILES string of the molecule is CN(C)C(CNS(=O)(=O)c1ccc(F)cc1F)c1ccco1. The minimum absolute atomic E-state index is 0.0142. The fourth-order valence-corrected chi connectivity index (χ4v) is 3.07. The molecule has 0 saturated heterocycles. The lowest BCUT2D eigenvalue weighted by Gasteiger charge is -2.22. The van der Waals surface area contributed by atoms with Gasteiger partial charge in [-0.3, -0.25) is 4.90 Å². The van der Waals surface area contributed by atoms with Crippen LogP contribution in [0, 0.1) is 11.6 Å². The van der Waals surface area contributed by atoms with Gasteiger partial charge in [0.1, 0.15) is 22.3 Å². The maximum atomic E-state index is 13.6. The van der Waals surface area contributed by atoms with Crippen molar-refractivity contribution < 1.29 is 21.6 Å². The summed E-state index contributed by atoms with van der Waals surface area (Å²) in [5.41, 5.74) is 0. The quantitative estimate of drug-likeness (QED) is 0.881. The molecule has 1 aromatic carbocycles. The molecule has 0 aliphatic rings. The van der Waals surface area contributed by atoms with E-state index in [1.165, 1.54) is 6.26 Å². The Labute approximate surface area is 127 Å². The zero-order valence-corrected chi connectivity index (χ0v) is 12.9. The molecule has 1 heterocycles. The van der Waals surface area contributed by atoms with Gasteiger partial charge in [-0.1, -0.05) is 0 Å². The average molecular weight is 330 g/mol. The molecule has 2 aromatic rings. The lowest BCUT2D eigenvalue weighted by atomic mass is 10.2. The molecule has 0 aliphatic carbocycles. The summed E-state index contributed by atoms with van der Waals surface area (Å²) < 4.78 is 58.3. The maximum Gasteiger partial charge on any atom is 0.243 e. The van der Waals surface area contributed by atoms with E-state index < -0.39 is 26.6 Å². The summed E-state index contributed by atoms with van der Waals surface area (Å²) in [6, 6.07) is 5.38. The molecule has 2 rings (SSSR count). The summed E-state index contributed by atoms with van der Waals surface area (Å²) in [6.45, 7) is -0.0142. The molecule has 1 N–H and O–H groups in total. The summed E-state index contributed by atoms with van der Waals surface area (Å²) in [7, 11) is -0.560. The van der Waals surface area contributed by atoms with Gasteiger partial charge in [-0.25, -0.2) is 21.9 Å². The van der Waals surface area contributed by atoms with Gasteiger partial charge in [0.2, 0.25) is 10.0 Å². The topological polar surface area (TPSA) is 62.6 Å². The van der Waals surface area contributed by atoms with Crippen molar-refractivity contribution in [1.29, 1.82) is 0 Å². The van der Waals surface area contributed by atoms with Crippen molar-refractivity contribution >= 4 is 10.0 Å². The van der Waals surface area contributed by atoms with Crippen LogP contribution in [0.25, 0.3) is 0 Å². The van der Waals surface area contributed by atoms with Crippen molar-refractivity contribution in [2.45, 2.75) is 10.9 Å². The van der Waals surface area contributed by atoms with E-state index in [0.29, 0.717) is 11.8 Å². The van der Waals surface area contributed by atoms with Crippen molar-refractivity contribution in [3.63, 3.8) is 0 Å². The fourth-order valence-electron chi connectivity index (χ4n) is 1.98. The zero-order chi connectivity index (χ0) is 16.3. The van der Waals surface area contributed by atoms with Gasteiger partial charge in [0.05, 0.1) is 12.3 Å². The van der Waals surface area contributed by atoms with Crippen LogP contribution in [0.5, 0.6) is 0 Å². The second-order valence-electron chi connectivity index (χ2n) is 4.92. The third-order valence-corrected chi connectivity index (χ3v) is 4.60. The molecule has 0 bridgehead atoms. The van der Waals surface area contributed by atoms with Gasteiger partial charge in [-0.15, -0.1) is 0 Å². The Hall–Kier alpha value is -1.77. The number of furan rings is 1. The smallest absolute Gasteiger partial charge is 0.243 e. The van der Waals surface area contributed by atoms with Crippen LogP contribution in [0.15, 0.2) is 45.9 Å². The van der Waals surface area contributed by atoms with Crippen molar-refractivity contribution in [2.75, 3.05) is 20.6 Å². The van der Waals surface area contributed by atoms with Crippen LogP contribution in [0.4, 0.5) is 8.78 Å². The number of likely N-dealkylation sites (N-methyl/N-ethyl adjacent to an activating group) is 1. The highest BCUT2D eigenvalue weighted by Crippen LogP contribution is 2.20. The highest BCUT2D eigenvalue weighted by atomic mass is 32.2. The average Bonchev–Trinajstić information content (AvgIpc) is 2.91. The number of halogens is 2. The Morgan fingerprint density at radius 3 is 2.55 bits per heavy atom. The summed E-state index contributed by atoms with van der Waals surface area (Å²) in [4.78, 5) is 1.17. The number of hydrogen-bond donors (Lipinski definition) is 1. The van der Waals surface area contributed by atoms with Crippen molar-refractivity contribution in [3.8, 4) is 0 Å². The van der Waals surface area contributed by atoms with Crippen LogP contribution in [0.3, 0.4) is 0 Å². The highest BCUT2D eigenvalue weighted by molar-refractivity contribution is 7.89. The standard InChI is InChI=1S/C14H16F2N2O3S/c1-18(2)12(13-4-3-7-21-13)9-17-22(19,20)14-6-5-10(15)8-11(14)16/h3-8,12,17H,9H2,1-2H3. The number of nitrogens with one attached hydrogen (secondary N) is 1. The van der Waals surface area contributed by atoms with E-state index >= 15 is 0 Å². The molecule has 120 valence electrons. The maximum absolute atomic E-state index is 13.6. The Balaban J connectivity index is 2.18. The second-order valence-corrected chi connectivity index (χ2v) is 6.66. The largest absolute Gasteiger partial charge is 0.468 e. The van der Waals surface area contributed by atoms with E-state index in [9.17, 15) is 17.2 Å². The minimum atomic E-state index is -4.09. The molecule has 1 atom stereocenters. The van der Waals surface area contributed by atoms with E-state index in [1.54, 1.807) is 31.1 Å². The molecule has 1 unspecified atom stereocenters. The van der Waals surface area contributed by atoms with Gasteiger partial charge in [0, 0.05) is 12.6 Å². The molecule has 1 aromatic heterocycles. The summed E-state index contributed by atoms with van der Waals surface area (Å²) >= 11 is 0. The van der Waals surface area contributed by atoms with Gasteiger partial charge in [0.15, 0.2) is 0 Å². The Bertz CT molecular complexity index is 731. The van der Waals surface area contributed by atoms with Gasteiger partial charge < -0.3 is 4.42 Å². The first kappa shape index (κ1) is 16.6. The molecule has 0 fully saturated rings. The molecule has 0 aliphatic heterocycles. The van der Waals surface area contributed by atoms with Crippen LogP contribution < -0.4 is 4.72 Å². The van der Waals surface area contributed by atoms with E-state index in [0.717, 1.165) is 12.1 Å². The van der Waals surface area contributed by atoms with Crippen molar-refractivity contribution in [3.05, 3.63) is 54.0 Å². The predicted octanol–water partition coefficient (Wildman–Crippen LogP) is 2.14. The van der Waals surface area contributed by atoms with E-state index in [2.05, 4.69) is 4.72 Å². The summed E-state index contributed by atoms with van der Waals surface area (Å²) in [6.07, 6.45) is 1.49. The van der Waals surface area contributed by atoms with Crippen molar-refractivity contribution in [1.82, 2.24) is 9.62 Å². The Kier molecular flexibility index (Phi) is 4.94. The second kappa shape index (κ2) is 6.55. The Morgan fingerprint density at radius 1 is 1.27 bits per heavy atom. The summed E-state index contributed by atoms with van der Waals surface area (Å²) in [5.74, 6) is -1.39. The lowest BCUT2D eigenvalue weighted by molar-refractivity contribution is 0.259. The molecule has 0 spiro atoms. The molecular weight excluding hydrogens is 314 g/mol. The third kappa shape index (κ3) is 3.70. The lowest BCUT2D eigenvalue weighted by Crippen LogP contribution is -2.34. The molecule has 8 heteroatoms. The van der Waals surface area contributed by atoms with Crippen LogP contribution in [0.1, 0.15) is 11.8 Å². The molecule has 22 heavy (non-hydrogen) atoms. The number of hydrogen-bond acceptors (Lipinski definition) is 4. The minimum Gasteiger partial charge on any atom is -0.468 e. The van der Waals surface area contributed by atoms with Crippen LogP contribution in [-0.4, -0.2) is 34.0 Å². The Morgan fingerprint density at radius 2 is 2.00 bits per heavy atom. The predicted molar refractivity (Wildman–Crippen MR) is 76.7 cm³/mol. The molecule has 5 nitrogen and oxygen atoms in total. The first-order chi connectivity index (χ1) is 10.3. The van der Waals surface area contributed by atoms with Crippen LogP contribution in [-0.2, 0) is 10.0 Å². The third-order valence-electron chi connectivity index (χ3n) is 3.15. The van der Waals surface area contributed by atoms with Crippen LogP contribution >= 0.6 is 0 Å².